The van der Waals surface area contributed by atoms with Crippen LogP contribution in [0.1, 0.15) is 12.5 Å². The summed E-state index contributed by atoms with van der Waals surface area (Å²) in [6.45, 7) is 1.71. The van der Waals surface area contributed by atoms with Crippen LogP contribution < -0.4 is 0 Å². The minimum atomic E-state index is -0.459. The molecule has 0 radical (unpaired) electrons. The summed E-state index contributed by atoms with van der Waals surface area (Å²) in [5.41, 5.74) is 3.02. The van der Waals surface area contributed by atoms with Crippen LogP contribution in [0, 0.1) is 5.82 Å². The normalized spacial score (nSPS) is 12.8. The second kappa shape index (κ2) is 5.61. The third-order valence-electron chi connectivity index (χ3n) is 2.63. The first-order valence-corrected chi connectivity index (χ1v) is 5.87. The maximum atomic E-state index is 12.9. The van der Waals surface area contributed by atoms with Gasteiger partial charge in [0.2, 0.25) is 0 Å². The molecule has 1 N–H and O–H groups in total. The predicted octanol–water partition coefficient (Wildman–Crippen LogP) is 3.89. The molecule has 0 bridgehead atoms. The fourth-order valence-corrected chi connectivity index (χ4v) is 1.71. The van der Waals surface area contributed by atoms with Crippen molar-refractivity contribution < 1.29 is 9.50 Å². The van der Waals surface area contributed by atoms with Crippen molar-refractivity contribution in [3.63, 3.8) is 0 Å². The molecule has 0 aromatic heterocycles. The minimum absolute atomic E-state index is 0.232. The van der Waals surface area contributed by atoms with Crippen molar-refractivity contribution in [3.8, 4) is 11.1 Å². The standard InChI is InChI=1S/C16H15FO/c1-12(18)5-6-13-3-2-4-15(11-13)14-7-9-16(17)10-8-14/h2-12,18H,1H3/b6-5+/t12-/m0/s1. The van der Waals surface area contributed by atoms with Gasteiger partial charge in [-0.15, -0.1) is 0 Å². The second-order valence-corrected chi connectivity index (χ2v) is 4.23. The lowest BCUT2D eigenvalue weighted by molar-refractivity contribution is 0.245. The van der Waals surface area contributed by atoms with Gasteiger partial charge >= 0.3 is 0 Å². The molecule has 0 aliphatic carbocycles. The van der Waals surface area contributed by atoms with E-state index < -0.39 is 6.10 Å². The minimum Gasteiger partial charge on any atom is -0.389 e. The van der Waals surface area contributed by atoms with Gasteiger partial charge in [0.25, 0.3) is 0 Å². The Labute approximate surface area is 106 Å². The summed E-state index contributed by atoms with van der Waals surface area (Å²) < 4.78 is 12.9. The molecule has 2 rings (SSSR count). The Bertz CT molecular complexity index is 541. The van der Waals surface area contributed by atoms with Crippen LogP contribution in [0.5, 0.6) is 0 Å². The zero-order valence-corrected chi connectivity index (χ0v) is 10.2. The summed E-state index contributed by atoms with van der Waals surface area (Å²) >= 11 is 0. The molecule has 92 valence electrons. The molecular formula is C16H15FO. The van der Waals surface area contributed by atoms with Crippen molar-refractivity contribution in [1.82, 2.24) is 0 Å². The van der Waals surface area contributed by atoms with Crippen LogP contribution >= 0.6 is 0 Å². The quantitative estimate of drug-likeness (QED) is 0.865. The molecule has 1 atom stereocenters. The van der Waals surface area contributed by atoms with Gasteiger partial charge in [0.15, 0.2) is 0 Å². The first-order chi connectivity index (χ1) is 8.65. The lowest BCUT2D eigenvalue weighted by Crippen LogP contribution is -1.91. The third kappa shape index (κ3) is 3.28. The van der Waals surface area contributed by atoms with Gasteiger partial charge in [-0.2, -0.15) is 0 Å². The Morgan fingerprint density at radius 2 is 1.78 bits per heavy atom. The fraction of sp³-hybridized carbons (Fsp3) is 0.125. The van der Waals surface area contributed by atoms with Gasteiger partial charge in [0.05, 0.1) is 6.10 Å². The summed E-state index contributed by atoms with van der Waals surface area (Å²) in [6, 6.07) is 14.3. The number of aliphatic hydroxyl groups excluding tert-OH is 1. The lowest BCUT2D eigenvalue weighted by atomic mass is 10.0. The molecule has 1 nitrogen and oxygen atoms in total. The van der Waals surface area contributed by atoms with Crippen molar-refractivity contribution in [2.75, 3.05) is 0 Å². The smallest absolute Gasteiger partial charge is 0.123 e. The van der Waals surface area contributed by atoms with E-state index in [-0.39, 0.29) is 5.82 Å². The molecule has 2 aromatic carbocycles. The first-order valence-electron chi connectivity index (χ1n) is 5.87. The molecular weight excluding hydrogens is 227 g/mol. The van der Waals surface area contributed by atoms with E-state index >= 15 is 0 Å². The summed E-state index contributed by atoms with van der Waals surface area (Å²) in [5.74, 6) is -0.232. The van der Waals surface area contributed by atoms with E-state index in [0.29, 0.717) is 0 Å². The fourth-order valence-electron chi connectivity index (χ4n) is 1.71. The van der Waals surface area contributed by atoms with E-state index in [2.05, 4.69) is 0 Å². The predicted molar refractivity (Wildman–Crippen MR) is 72.6 cm³/mol. The largest absolute Gasteiger partial charge is 0.389 e. The van der Waals surface area contributed by atoms with Crippen LogP contribution in [0.25, 0.3) is 17.2 Å². The van der Waals surface area contributed by atoms with Gasteiger partial charge in [-0.05, 0) is 41.8 Å². The van der Waals surface area contributed by atoms with Crippen molar-refractivity contribution >= 4 is 6.08 Å². The Balaban J connectivity index is 2.29. The van der Waals surface area contributed by atoms with E-state index in [1.54, 1.807) is 25.1 Å². The van der Waals surface area contributed by atoms with Crippen molar-refractivity contribution in [3.05, 3.63) is 66.0 Å². The van der Waals surface area contributed by atoms with E-state index in [4.69, 9.17) is 0 Å². The Kier molecular flexibility index (Phi) is 3.90. The molecule has 0 unspecified atom stereocenters. The van der Waals surface area contributed by atoms with E-state index in [1.165, 1.54) is 12.1 Å². The molecule has 0 aliphatic heterocycles. The maximum Gasteiger partial charge on any atom is 0.123 e. The van der Waals surface area contributed by atoms with Crippen molar-refractivity contribution in [1.29, 1.82) is 0 Å². The van der Waals surface area contributed by atoms with Gasteiger partial charge in [-0.25, -0.2) is 4.39 Å². The molecule has 0 amide bonds. The number of hydrogen-bond donors (Lipinski definition) is 1. The van der Waals surface area contributed by atoms with E-state index in [0.717, 1.165) is 16.7 Å². The average molecular weight is 242 g/mol. The van der Waals surface area contributed by atoms with Crippen molar-refractivity contribution in [2.45, 2.75) is 13.0 Å². The van der Waals surface area contributed by atoms with E-state index in [9.17, 15) is 9.50 Å². The van der Waals surface area contributed by atoms with Gasteiger partial charge in [-0.3, -0.25) is 0 Å². The monoisotopic (exact) mass is 242 g/mol. The van der Waals surface area contributed by atoms with Gasteiger partial charge in [-0.1, -0.05) is 42.5 Å². The molecule has 0 aliphatic rings. The second-order valence-electron chi connectivity index (χ2n) is 4.23. The number of hydrogen-bond acceptors (Lipinski definition) is 1. The summed E-state index contributed by atoms with van der Waals surface area (Å²) in [6.07, 6.45) is 3.14. The zero-order chi connectivity index (χ0) is 13.0. The highest BCUT2D eigenvalue weighted by atomic mass is 19.1. The maximum absolute atomic E-state index is 12.9. The SMILES string of the molecule is C[C@H](O)/C=C/c1cccc(-c2ccc(F)cc2)c1. The summed E-state index contributed by atoms with van der Waals surface area (Å²) in [5, 5.41) is 9.20. The Morgan fingerprint density at radius 1 is 1.06 bits per heavy atom. The third-order valence-corrected chi connectivity index (χ3v) is 2.63. The van der Waals surface area contributed by atoms with Crippen LogP contribution in [-0.4, -0.2) is 11.2 Å². The first kappa shape index (κ1) is 12.5. The topological polar surface area (TPSA) is 20.2 Å². The van der Waals surface area contributed by atoms with Crippen molar-refractivity contribution in [2.24, 2.45) is 0 Å². The number of aliphatic hydroxyl groups is 1. The average Bonchev–Trinajstić information content (AvgIpc) is 2.37. The Morgan fingerprint density at radius 3 is 2.44 bits per heavy atom. The van der Waals surface area contributed by atoms with Gasteiger partial charge in [0, 0.05) is 0 Å². The number of rotatable bonds is 3. The number of benzene rings is 2. The van der Waals surface area contributed by atoms with Crippen LogP contribution in [-0.2, 0) is 0 Å². The molecule has 0 saturated carbocycles. The van der Waals surface area contributed by atoms with Crippen LogP contribution in [0.3, 0.4) is 0 Å². The lowest BCUT2D eigenvalue weighted by Gasteiger charge is -2.03. The van der Waals surface area contributed by atoms with Gasteiger partial charge < -0.3 is 5.11 Å². The Hall–Kier alpha value is -1.93. The van der Waals surface area contributed by atoms with Crippen LogP contribution in [0.2, 0.25) is 0 Å². The zero-order valence-electron chi connectivity index (χ0n) is 10.2. The molecule has 0 heterocycles. The van der Waals surface area contributed by atoms with Crippen LogP contribution in [0.4, 0.5) is 4.39 Å². The molecule has 2 heteroatoms. The van der Waals surface area contributed by atoms with Gasteiger partial charge in [0.1, 0.15) is 5.82 Å². The van der Waals surface area contributed by atoms with Crippen LogP contribution in [0.15, 0.2) is 54.6 Å². The molecule has 0 saturated heterocycles. The summed E-state index contributed by atoms with van der Waals surface area (Å²) in [7, 11) is 0. The highest BCUT2D eigenvalue weighted by Gasteiger charge is 1.98. The molecule has 2 aromatic rings. The van der Waals surface area contributed by atoms with E-state index in [1.807, 2.05) is 30.3 Å². The number of halogens is 1. The summed E-state index contributed by atoms with van der Waals surface area (Å²) in [4.78, 5) is 0. The highest BCUT2D eigenvalue weighted by molar-refractivity contribution is 5.67. The molecule has 0 spiro atoms. The highest BCUT2D eigenvalue weighted by Crippen LogP contribution is 2.21. The molecule has 18 heavy (non-hydrogen) atoms. The molecule has 0 fully saturated rings.